The van der Waals surface area contributed by atoms with Gasteiger partial charge in [0.15, 0.2) is 0 Å². The zero-order valence-corrected chi connectivity index (χ0v) is 19.5. The molecule has 0 saturated heterocycles. The molecule has 0 atom stereocenters. The highest BCUT2D eigenvalue weighted by Gasteiger charge is 2.19. The number of ether oxygens (including phenoxy) is 2. The van der Waals surface area contributed by atoms with E-state index < -0.39 is 0 Å². The maximum absolute atomic E-state index is 12.6. The molecule has 0 bridgehead atoms. The summed E-state index contributed by atoms with van der Waals surface area (Å²) in [5.41, 5.74) is 4.35. The first-order chi connectivity index (χ1) is 16.5. The third kappa shape index (κ3) is 5.94. The van der Waals surface area contributed by atoms with Crippen LogP contribution in [0.2, 0.25) is 0 Å². The lowest BCUT2D eigenvalue weighted by Crippen LogP contribution is -2.37. The van der Waals surface area contributed by atoms with Gasteiger partial charge in [-0.3, -0.25) is 14.5 Å². The number of methoxy groups -OCH3 is 1. The van der Waals surface area contributed by atoms with Crippen LogP contribution in [0.25, 0.3) is 0 Å². The summed E-state index contributed by atoms with van der Waals surface area (Å²) >= 11 is 0. The van der Waals surface area contributed by atoms with Gasteiger partial charge in [-0.25, -0.2) is 0 Å². The smallest absolute Gasteiger partial charge is 0.255 e. The first-order valence-electron chi connectivity index (χ1n) is 11.4. The maximum Gasteiger partial charge on any atom is 0.255 e. The summed E-state index contributed by atoms with van der Waals surface area (Å²) in [5, 5.41) is 5.78. The monoisotopic (exact) mass is 459 g/mol. The van der Waals surface area contributed by atoms with Crippen LogP contribution in [0, 0.1) is 0 Å². The standard InChI is InChI=1S/C27H29N3O4/c1-3-34-24-12-9-23(10-13-24)29-27(32)20-4-7-22(8-5-20)28-26(31)18-30-15-14-19-6-11-25(33-2)16-21(19)17-30/h4-13,16H,3,14-15,17-18H2,1-2H3,(H,28,31)(H,29,32). The number of benzene rings is 3. The van der Waals surface area contributed by atoms with Crippen LogP contribution in [0.15, 0.2) is 66.7 Å². The van der Waals surface area contributed by atoms with E-state index in [9.17, 15) is 9.59 Å². The van der Waals surface area contributed by atoms with Crippen LogP contribution < -0.4 is 20.1 Å². The number of anilines is 2. The summed E-state index contributed by atoms with van der Waals surface area (Å²) in [5.74, 6) is 1.29. The van der Waals surface area contributed by atoms with E-state index in [1.807, 2.05) is 31.2 Å². The Morgan fingerprint density at radius 3 is 2.26 bits per heavy atom. The number of carbonyl (C=O) groups is 2. The molecule has 1 heterocycles. The molecule has 3 aromatic rings. The molecule has 176 valence electrons. The van der Waals surface area contributed by atoms with Gasteiger partial charge in [0, 0.05) is 30.0 Å². The predicted octanol–water partition coefficient (Wildman–Crippen LogP) is 4.34. The van der Waals surface area contributed by atoms with E-state index in [-0.39, 0.29) is 11.8 Å². The van der Waals surface area contributed by atoms with Crippen molar-refractivity contribution in [3.63, 3.8) is 0 Å². The fourth-order valence-corrected chi connectivity index (χ4v) is 3.97. The van der Waals surface area contributed by atoms with Crippen molar-refractivity contribution in [1.82, 2.24) is 4.90 Å². The van der Waals surface area contributed by atoms with Gasteiger partial charge in [-0.15, -0.1) is 0 Å². The third-order valence-electron chi connectivity index (χ3n) is 5.73. The van der Waals surface area contributed by atoms with Crippen molar-refractivity contribution in [2.24, 2.45) is 0 Å². The highest BCUT2D eigenvalue weighted by atomic mass is 16.5. The molecule has 0 radical (unpaired) electrons. The van der Waals surface area contributed by atoms with Crippen LogP contribution in [0.1, 0.15) is 28.4 Å². The van der Waals surface area contributed by atoms with E-state index in [1.54, 1.807) is 43.5 Å². The van der Waals surface area contributed by atoms with Gasteiger partial charge < -0.3 is 20.1 Å². The van der Waals surface area contributed by atoms with Crippen LogP contribution in [0.4, 0.5) is 11.4 Å². The second-order valence-electron chi connectivity index (χ2n) is 8.13. The lowest BCUT2D eigenvalue weighted by Gasteiger charge is -2.28. The second-order valence-corrected chi connectivity index (χ2v) is 8.13. The molecule has 4 rings (SSSR count). The van der Waals surface area contributed by atoms with Crippen molar-refractivity contribution in [3.05, 3.63) is 83.4 Å². The van der Waals surface area contributed by atoms with E-state index >= 15 is 0 Å². The molecular formula is C27H29N3O4. The fourth-order valence-electron chi connectivity index (χ4n) is 3.97. The van der Waals surface area contributed by atoms with E-state index in [1.165, 1.54) is 11.1 Å². The van der Waals surface area contributed by atoms with Crippen molar-refractivity contribution in [3.8, 4) is 11.5 Å². The van der Waals surface area contributed by atoms with E-state index in [0.717, 1.165) is 24.5 Å². The van der Waals surface area contributed by atoms with Gasteiger partial charge in [-0.05, 0) is 85.1 Å². The largest absolute Gasteiger partial charge is 0.497 e. The van der Waals surface area contributed by atoms with E-state index in [4.69, 9.17) is 9.47 Å². The Labute approximate surface area is 199 Å². The quantitative estimate of drug-likeness (QED) is 0.524. The number of carbonyl (C=O) groups excluding carboxylic acids is 2. The molecule has 1 aliphatic rings. The molecule has 2 amide bonds. The molecule has 34 heavy (non-hydrogen) atoms. The van der Waals surface area contributed by atoms with Crippen molar-refractivity contribution < 1.29 is 19.1 Å². The summed E-state index contributed by atoms with van der Waals surface area (Å²) < 4.78 is 10.7. The zero-order valence-electron chi connectivity index (χ0n) is 19.5. The molecule has 0 unspecified atom stereocenters. The lowest BCUT2D eigenvalue weighted by atomic mass is 9.99. The van der Waals surface area contributed by atoms with Gasteiger partial charge in [0.1, 0.15) is 11.5 Å². The Balaban J connectivity index is 1.29. The number of rotatable bonds is 8. The Morgan fingerprint density at radius 1 is 0.882 bits per heavy atom. The molecule has 0 aromatic heterocycles. The summed E-state index contributed by atoms with van der Waals surface area (Å²) in [7, 11) is 1.66. The Morgan fingerprint density at radius 2 is 1.56 bits per heavy atom. The lowest BCUT2D eigenvalue weighted by molar-refractivity contribution is -0.117. The van der Waals surface area contributed by atoms with Crippen LogP contribution >= 0.6 is 0 Å². The van der Waals surface area contributed by atoms with Crippen molar-refractivity contribution >= 4 is 23.2 Å². The highest BCUT2D eigenvalue weighted by molar-refractivity contribution is 6.04. The minimum absolute atomic E-state index is 0.0852. The Bertz CT molecular complexity index is 1140. The molecular weight excluding hydrogens is 430 g/mol. The maximum atomic E-state index is 12.6. The summed E-state index contributed by atoms with van der Waals surface area (Å²) in [6, 6.07) is 20.2. The summed E-state index contributed by atoms with van der Waals surface area (Å²) in [6.45, 7) is 4.36. The summed E-state index contributed by atoms with van der Waals surface area (Å²) in [4.78, 5) is 27.2. The fraction of sp³-hybridized carbons (Fsp3) is 0.259. The van der Waals surface area contributed by atoms with Crippen LogP contribution in [0.5, 0.6) is 11.5 Å². The predicted molar refractivity (Wildman–Crippen MR) is 133 cm³/mol. The van der Waals surface area contributed by atoms with E-state index in [2.05, 4.69) is 21.6 Å². The first kappa shape index (κ1) is 23.3. The summed E-state index contributed by atoms with van der Waals surface area (Å²) in [6.07, 6.45) is 0.908. The van der Waals surface area contributed by atoms with Gasteiger partial charge in [-0.2, -0.15) is 0 Å². The number of hydrogen-bond acceptors (Lipinski definition) is 5. The first-order valence-corrected chi connectivity index (χ1v) is 11.4. The number of nitrogens with one attached hydrogen (secondary N) is 2. The average molecular weight is 460 g/mol. The van der Waals surface area contributed by atoms with Gasteiger partial charge >= 0.3 is 0 Å². The Hall–Kier alpha value is -3.84. The van der Waals surface area contributed by atoms with Crippen molar-refractivity contribution in [1.29, 1.82) is 0 Å². The normalized spacial score (nSPS) is 13.0. The van der Waals surface area contributed by atoms with E-state index in [0.29, 0.717) is 36.6 Å². The van der Waals surface area contributed by atoms with Gasteiger partial charge in [0.25, 0.3) is 5.91 Å². The SMILES string of the molecule is CCOc1ccc(NC(=O)c2ccc(NC(=O)CN3CCc4ccc(OC)cc4C3)cc2)cc1. The van der Waals surface area contributed by atoms with Crippen LogP contribution in [-0.2, 0) is 17.8 Å². The molecule has 3 aromatic carbocycles. The minimum Gasteiger partial charge on any atom is -0.497 e. The van der Waals surface area contributed by atoms with Gasteiger partial charge in [0.05, 0.1) is 20.3 Å². The second kappa shape index (κ2) is 10.9. The number of hydrogen-bond donors (Lipinski definition) is 2. The zero-order chi connectivity index (χ0) is 23.9. The topological polar surface area (TPSA) is 79.9 Å². The molecule has 0 spiro atoms. The van der Waals surface area contributed by atoms with Crippen molar-refractivity contribution in [2.45, 2.75) is 19.9 Å². The highest BCUT2D eigenvalue weighted by Crippen LogP contribution is 2.24. The molecule has 0 fully saturated rings. The molecule has 1 aliphatic heterocycles. The average Bonchev–Trinajstić information content (AvgIpc) is 2.85. The van der Waals surface area contributed by atoms with Gasteiger partial charge in [-0.1, -0.05) is 6.07 Å². The molecule has 7 heteroatoms. The molecule has 0 aliphatic carbocycles. The minimum atomic E-state index is -0.218. The Kier molecular flexibility index (Phi) is 7.44. The third-order valence-corrected chi connectivity index (χ3v) is 5.73. The number of nitrogens with zero attached hydrogens (tertiary/aromatic N) is 1. The number of fused-ring (bicyclic) bond motifs is 1. The molecule has 7 nitrogen and oxygen atoms in total. The number of amides is 2. The molecule has 2 N–H and O–H groups in total. The van der Waals surface area contributed by atoms with Crippen LogP contribution in [-0.4, -0.2) is 43.5 Å². The van der Waals surface area contributed by atoms with Crippen molar-refractivity contribution in [2.75, 3.05) is 37.4 Å². The molecule has 0 saturated carbocycles. The van der Waals surface area contributed by atoms with Crippen LogP contribution in [0.3, 0.4) is 0 Å². The van der Waals surface area contributed by atoms with Gasteiger partial charge in [0.2, 0.25) is 5.91 Å².